The lowest BCUT2D eigenvalue weighted by molar-refractivity contribution is 0.0394. The summed E-state index contributed by atoms with van der Waals surface area (Å²) in [6.07, 6.45) is 0. The molecule has 7 heteroatoms. The average molecular weight is 573 g/mol. The summed E-state index contributed by atoms with van der Waals surface area (Å²) in [4.78, 5) is 36.7. The van der Waals surface area contributed by atoms with Gasteiger partial charge >= 0.3 is 0 Å². The number of rotatable bonds is 7. The summed E-state index contributed by atoms with van der Waals surface area (Å²) in [5.41, 5.74) is 4.23. The third kappa shape index (κ3) is 5.68. The normalized spacial score (nSPS) is 16.3. The Morgan fingerprint density at radius 3 is 2.26 bits per heavy atom. The lowest BCUT2D eigenvalue weighted by Gasteiger charge is -2.42. The van der Waals surface area contributed by atoms with Crippen molar-refractivity contribution in [2.45, 2.75) is 32.9 Å². The maximum Gasteiger partial charge on any atom is 0.266 e. The summed E-state index contributed by atoms with van der Waals surface area (Å²) in [7, 11) is 0. The van der Waals surface area contributed by atoms with E-state index >= 15 is 0 Å². The van der Waals surface area contributed by atoms with Gasteiger partial charge in [-0.2, -0.15) is 0 Å². The minimum Gasteiger partial charge on any atom is -0.494 e. The largest absolute Gasteiger partial charge is 0.494 e. The topological polar surface area (TPSA) is 67.7 Å². The van der Waals surface area contributed by atoms with E-state index in [1.807, 2.05) is 103 Å². The van der Waals surface area contributed by atoms with E-state index in [-0.39, 0.29) is 23.6 Å². The van der Waals surface area contributed by atoms with E-state index in [0.717, 1.165) is 22.6 Å². The van der Waals surface area contributed by atoms with E-state index in [9.17, 15) is 9.59 Å². The molecule has 0 spiro atoms. The molecule has 4 aromatic carbocycles. The number of fused-ring (bicyclic) bond motifs is 1. The number of para-hydroxylation sites is 1. The highest BCUT2D eigenvalue weighted by atomic mass is 16.5. The molecule has 1 aliphatic heterocycles. The Morgan fingerprint density at radius 1 is 0.884 bits per heavy atom. The van der Waals surface area contributed by atoms with Crippen molar-refractivity contribution in [3.63, 3.8) is 0 Å². The summed E-state index contributed by atoms with van der Waals surface area (Å²) < 4.78 is 7.35. The molecule has 1 aliphatic rings. The maximum atomic E-state index is 13.8. The monoisotopic (exact) mass is 572 g/mol. The average Bonchev–Trinajstić information content (AvgIpc) is 3.05. The number of ether oxygens (including phenoxy) is 1. The molecule has 1 fully saturated rings. The van der Waals surface area contributed by atoms with E-state index in [1.54, 1.807) is 4.57 Å². The minimum absolute atomic E-state index is 0.0106. The Balaban J connectivity index is 1.24. The molecule has 7 nitrogen and oxygen atoms in total. The fourth-order valence-electron chi connectivity index (χ4n) is 5.94. The molecule has 2 atom stereocenters. The number of piperazine rings is 1. The summed E-state index contributed by atoms with van der Waals surface area (Å²) in [6, 6.07) is 32.9. The van der Waals surface area contributed by atoms with Crippen LogP contribution in [0.2, 0.25) is 0 Å². The first-order valence-corrected chi connectivity index (χ1v) is 14.9. The van der Waals surface area contributed by atoms with E-state index in [4.69, 9.17) is 9.72 Å². The SMILES string of the molecule is CCOc1ccc(-n2c(C(C)N3CCN(C(=O)c4ccc(-c5ccccc5)cc4)C(C)C3)nc3ccccc3c2=O)cc1. The molecule has 1 aromatic heterocycles. The van der Waals surface area contributed by atoms with Crippen LogP contribution in [0.3, 0.4) is 0 Å². The number of hydrogen-bond acceptors (Lipinski definition) is 5. The number of aromatic nitrogens is 2. The Labute approximate surface area is 252 Å². The van der Waals surface area contributed by atoms with Gasteiger partial charge in [0.05, 0.1) is 29.2 Å². The Bertz CT molecular complexity index is 1780. The van der Waals surface area contributed by atoms with Crippen LogP contribution in [0.5, 0.6) is 5.75 Å². The van der Waals surface area contributed by atoms with Gasteiger partial charge in [-0.25, -0.2) is 4.98 Å². The molecule has 43 heavy (non-hydrogen) atoms. The van der Waals surface area contributed by atoms with Crippen molar-refractivity contribution in [3.05, 3.63) is 125 Å². The molecule has 5 aromatic rings. The van der Waals surface area contributed by atoms with Crippen molar-refractivity contribution in [2.75, 3.05) is 26.2 Å². The van der Waals surface area contributed by atoms with Crippen LogP contribution in [0.25, 0.3) is 27.7 Å². The number of carbonyl (C=O) groups excluding carboxylic acids is 1. The molecule has 0 radical (unpaired) electrons. The van der Waals surface area contributed by atoms with Gasteiger partial charge in [-0.1, -0.05) is 54.6 Å². The summed E-state index contributed by atoms with van der Waals surface area (Å²) in [5, 5.41) is 0.578. The van der Waals surface area contributed by atoms with Gasteiger partial charge in [-0.3, -0.25) is 19.1 Å². The molecule has 218 valence electrons. The maximum absolute atomic E-state index is 13.8. The standard InChI is InChI=1S/C36H36N4O3/c1-4-43-31-20-18-30(19-21-31)40-34(37-33-13-9-8-12-32(33)36(40)42)26(3)38-22-23-39(25(2)24-38)35(41)29-16-14-28(15-17-29)27-10-6-5-7-11-27/h5-21,25-26H,4,22-24H2,1-3H3. The van der Waals surface area contributed by atoms with E-state index in [2.05, 4.69) is 30.9 Å². The lowest BCUT2D eigenvalue weighted by Crippen LogP contribution is -2.54. The first-order chi connectivity index (χ1) is 20.9. The van der Waals surface area contributed by atoms with Crippen molar-refractivity contribution in [1.29, 1.82) is 0 Å². The molecule has 1 saturated heterocycles. The molecule has 2 heterocycles. The highest BCUT2D eigenvalue weighted by Crippen LogP contribution is 2.27. The highest BCUT2D eigenvalue weighted by Gasteiger charge is 2.32. The molecule has 6 rings (SSSR count). The molecular formula is C36H36N4O3. The van der Waals surface area contributed by atoms with Crippen LogP contribution in [-0.4, -0.2) is 57.5 Å². The third-order valence-corrected chi connectivity index (χ3v) is 8.29. The number of benzene rings is 4. The van der Waals surface area contributed by atoms with E-state index in [0.29, 0.717) is 48.5 Å². The zero-order chi connectivity index (χ0) is 29.9. The van der Waals surface area contributed by atoms with Crippen LogP contribution in [0, 0.1) is 0 Å². The minimum atomic E-state index is -0.159. The second-order valence-electron chi connectivity index (χ2n) is 11.0. The molecule has 0 saturated carbocycles. The Morgan fingerprint density at radius 2 is 1.56 bits per heavy atom. The molecular weight excluding hydrogens is 536 g/mol. The van der Waals surface area contributed by atoms with Crippen LogP contribution in [0.1, 0.15) is 43.0 Å². The fourth-order valence-corrected chi connectivity index (χ4v) is 5.94. The number of nitrogens with zero attached hydrogens (tertiary/aromatic N) is 4. The van der Waals surface area contributed by atoms with Crippen molar-refractivity contribution in [2.24, 2.45) is 0 Å². The zero-order valence-corrected chi connectivity index (χ0v) is 24.8. The van der Waals surface area contributed by atoms with Gasteiger partial charge in [0.15, 0.2) is 0 Å². The van der Waals surface area contributed by atoms with Crippen molar-refractivity contribution < 1.29 is 9.53 Å². The van der Waals surface area contributed by atoms with Gasteiger partial charge in [-0.15, -0.1) is 0 Å². The van der Waals surface area contributed by atoms with Crippen LogP contribution < -0.4 is 10.3 Å². The van der Waals surface area contributed by atoms with Crippen LogP contribution in [0.15, 0.2) is 108 Å². The molecule has 0 aliphatic carbocycles. The highest BCUT2D eigenvalue weighted by molar-refractivity contribution is 5.95. The predicted octanol–water partition coefficient (Wildman–Crippen LogP) is 6.36. The van der Waals surface area contributed by atoms with Gasteiger partial charge in [0.1, 0.15) is 11.6 Å². The van der Waals surface area contributed by atoms with Gasteiger partial charge in [-0.05, 0) is 80.4 Å². The summed E-state index contributed by atoms with van der Waals surface area (Å²) in [6.45, 7) is 8.63. The van der Waals surface area contributed by atoms with Crippen LogP contribution in [-0.2, 0) is 0 Å². The van der Waals surface area contributed by atoms with Gasteiger partial charge in [0.25, 0.3) is 11.5 Å². The first-order valence-electron chi connectivity index (χ1n) is 14.9. The van der Waals surface area contributed by atoms with Crippen molar-refractivity contribution in [1.82, 2.24) is 19.4 Å². The first kappa shape index (κ1) is 28.4. The van der Waals surface area contributed by atoms with Crippen molar-refractivity contribution >= 4 is 16.8 Å². The zero-order valence-electron chi connectivity index (χ0n) is 24.8. The van der Waals surface area contributed by atoms with Crippen LogP contribution >= 0.6 is 0 Å². The lowest BCUT2D eigenvalue weighted by atomic mass is 10.0. The quantitative estimate of drug-likeness (QED) is 0.227. The van der Waals surface area contributed by atoms with Gasteiger partial charge < -0.3 is 9.64 Å². The van der Waals surface area contributed by atoms with Gasteiger partial charge in [0, 0.05) is 31.2 Å². The molecule has 0 N–H and O–H groups in total. The number of amides is 1. The van der Waals surface area contributed by atoms with E-state index in [1.165, 1.54) is 0 Å². The fraction of sp³-hybridized carbons (Fsp3) is 0.250. The molecule has 2 unspecified atom stereocenters. The summed E-state index contributed by atoms with van der Waals surface area (Å²) >= 11 is 0. The number of hydrogen-bond donors (Lipinski definition) is 0. The number of carbonyl (C=O) groups is 1. The second-order valence-corrected chi connectivity index (χ2v) is 11.0. The van der Waals surface area contributed by atoms with E-state index < -0.39 is 0 Å². The predicted molar refractivity (Wildman–Crippen MR) is 171 cm³/mol. The smallest absolute Gasteiger partial charge is 0.266 e. The van der Waals surface area contributed by atoms with Crippen molar-refractivity contribution in [3.8, 4) is 22.6 Å². The summed E-state index contributed by atoms with van der Waals surface area (Å²) in [5.74, 6) is 1.47. The second kappa shape index (κ2) is 12.2. The Hall–Kier alpha value is -4.75. The third-order valence-electron chi connectivity index (χ3n) is 8.29. The Kier molecular flexibility index (Phi) is 8.07. The van der Waals surface area contributed by atoms with Crippen LogP contribution in [0.4, 0.5) is 0 Å². The molecule has 0 bridgehead atoms. The molecule has 1 amide bonds. The van der Waals surface area contributed by atoms with Gasteiger partial charge in [0.2, 0.25) is 0 Å².